The Bertz CT molecular complexity index is 904. The van der Waals surface area contributed by atoms with Crippen molar-refractivity contribution in [1.82, 2.24) is 0 Å². The maximum Gasteiger partial charge on any atom is 0.306 e. The first-order valence-electron chi connectivity index (χ1n) is 26.3. The summed E-state index contributed by atoms with van der Waals surface area (Å²) < 4.78 is 16.7. The zero-order chi connectivity index (χ0) is 43.3. The summed E-state index contributed by atoms with van der Waals surface area (Å²) >= 11 is 0. The molecule has 59 heavy (non-hydrogen) atoms. The third-order valence-electron chi connectivity index (χ3n) is 12.7. The molecular formula is C53H102O6. The molecule has 0 spiro atoms. The fraction of sp³-hybridized carbons (Fsp3) is 0.943. The minimum absolute atomic E-state index is 0.0647. The van der Waals surface area contributed by atoms with Gasteiger partial charge in [0.25, 0.3) is 0 Å². The number of rotatable bonds is 47. The predicted molar refractivity (Wildman–Crippen MR) is 252 cm³/mol. The summed E-state index contributed by atoms with van der Waals surface area (Å²) in [6, 6.07) is 0. The van der Waals surface area contributed by atoms with Crippen LogP contribution in [0.1, 0.15) is 291 Å². The molecule has 0 heterocycles. The summed E-state index contributed by atoms with van der Waals surface area (Å²) in [5, 5.41) is 0. The van der Waals surface area contributed by atoms with Crippen LogP contribution in [0.5, 0.6) is 0 Å². The Morgan fingerprint density at radius 2 is 0.593 bits per heavy atom. The Balaban J connectivity index is 4.14. The highest BCUT2D eigenvalue weighted by Crippen LogP contribution is 2.18. The molecule has 0 saturated carbocycles. The average molecular weight is 835 g/mol. The fourth-order valence-electron chi connectivity index (χ4n) is 7.93. The summed E-state index contributed by atoms with van der Waals surface area (Å²) in [5.74, 6) is 0.901. The molecule has 0 aromatic rings. The molecule has 0 saturated heterocycles. The fourth-order valence-corrected chi connectivity index (χ4v) is 7.93. The summed E-state index contributed by atoms with van der Waals surface area (Å²) in [4.78, 5) is 37.8. The standard InChI is InChI=1S/C53H102O6/c1-6-9-10-11-26-33-38-43-51(54)57-46-50(47-58-52(55)44-39-34-29-25-24-28-32-37-42-49(5)8-3)59-53(56)45-40-35-30-23-21-19-17-15-13-12-14-16-18-20-22-27-31-36-41-48(4)7-2/h48-50H,6-47H2,1-5H3/t48?,49?,50-/m1/s1. The predicted octanol–water partition coefficient (Wildman–Crippen LogP) is 16.9. The van der Waals surface area contributed by atoms with Gasteiger partial charge in [-0.15, -0.1) is 0 Å². The molecule has 0 radical (unpaired) electrons. The lowest BCUT2D eigenvalue weighted by Crippen LogP contribution is -2.30. The van der Waals surface area contributed by atoms with E-state index >= 15 is 0 Å². The van der Waals surface area contributed by atoms with Gasteiger partial charge < -0.3 is 14.2 Å². The van der Waals surface area contributed by atoms with E-state index in [1.165, 1.54) is 180 Å². The van der Waals surface area contributed by atoms with Crippen LogP contribution >= 0.6 is 0 Å². The molecule has 0 aliphatic rings. The largest absolute Gasteiger partial charge is 0.462 e. The molecule has 0 N–H and O–H groups in total. The van der Waals surface area contributed by atoms with E-state index < -0.39 is 6.10 Å². The molecule has 0 bridgehead atoms. The zero-order valence-electron chi connectivity index (χ0n) is 40.4. The molecule has 0 aromatic heterocycles. The number of hydrogen-bond donors (Lipinski definition) is 0. The Kier molecular flexibility index (Phi) is 44.7. The molecule has 2 unspecified atom stereocenters. The van der Waals surface area contributed by atoms with Crippen LogP contribution in [0.25, 0.3) is 0 Å². The van der Waals surface area contributed by atoms with E-state index in [1.807, 2.05) is 0 Å². The number of hydrogen-bond acceptors (Lipinski definition) is 6. The second kappa shape index (κ2) is 45.9. The van der Waals surface area contributed by atoms with Crippen LogP contribution < -0.4 is 0 Å². The van der Waals surface area contributed by atoms with E-state index in [9.17, 15) is 14.4 Å². The average Bonchev–Trinajstić information content (AvgIpc) is 3.23. The van der Waals surface area contributed by atoms with E-state index in [1.54, 1.807) is 0 Å². The van der Waals surface area contributed by atoms with Crippen molar-refractivity contribution < 1.29 is 28.6 Å². The first kappa shape index (κ1) is 57.4. The minimum Gasteiger partial charge on any atom is -0.462 e. The highest BCUT2D eigenvalue weighted by molar-refractivity contribution is 5.71. The van der Waals surface area contributed by atoms with Gasteiger partial charge in [0.05, 0.1) is 0 Å². The van der Waals surface area contributed by atoms with E-state index in [2.05, 4.69) is 34.6 Å². The Morgan fingerprint density at radius 1 is 0.339 bits per heavy atom. The van der Waals surface area contributed by atoms with E-state index in [0.717, 1.165) is 69.6 Å². The van der Waals surface area contributed by atoms with Gasteiger partial charge in [-0.1, -0.05) is 253 Å². The van der Waals surface area contributed by atoms with E-state index in [-0.39, 0.29) is 31.1 Å². The van der Waals surface area contributed by atoms with Crippen molar-refractivity contribution in [1.29, 1.82) is 0 Å². The Morgan fingerprint density at radius 3 is 0.881 bits per heavy atom. The zero-order valence-corrected chi connectivity index (χ0v) is 40.4. The highest BCUT2D eigenvalue weighted by atomic mass is 16.6. The summed E-state index contributed by atoms with van der Waals surface area (Å²) in [6.07, 6.45) is 46.7. The van der Waals surface area contributed by atoms with Crippen LogP contribution in [0.15, 0.2) is 0 Å². The summed E-state index contributed by atoms with van der Waals surface area (Å²) in [7, 11) is 0. The van der Waals surface area contributed by atoms with Crippen molar-refractivity contribution in [2.24, 2.45) is 11.8 Å². The third kappa shape index (κ3) is 44.3. The van der Waals surface area contributed by atoms with E-state index in [4.69, 9.17) is 14.2 Å². The van der Waals surface area contributed by atoms with Crippen molar-refractivity contribution in [3.05, 3.63) is 0 Å². The van der Waals surface area contributed by atoms with Crippen molar-refractivity contribution in [2.75, 3.05) is 13.2 Å². The molecule has 0 fully saturated rings. The Hall–Kier alpha value is -1.59. The van der Waals surface area contributed by atoms with E-state index in [0.29, 0.717) is 19.3 Å². The molecule has 3 atom stereocenters. The summed E-state index contributed by atoms with van der Waals surface area (Å²) in [5.41, 5.74) is 0. The number of unbranched alkanes of at least 4 members (excludes halogenated alkanes) is 30. The Labute approximate surface area is 368 Å². The molecule has 0 aliphatic carbocycles. The smallest absolute Gasteiger partial charge is 0.306 e. The molecule has 0 aromatic carbocycles. The lowest BCUT2D eigenvalue weighted by Gasteiger charge is -2.18. The number of carbonyl (C=O) groups excluding carboxylic acids is 3. The van der Waals surface area contributed by atoms with Gasteiger partial charge >= 0.3 is 17.9 Å². The molecule has 0 rings (SSSR count). The van der Waals surface area contributed by atoms with Gasteiger partial charge in [0.1, 0.15) is 13.2 Å². The van der Waals surface area contributed by atoms with Crippen LogP contribution in [0.2, 0.25) is 0 Å². The number of carbonyl (C=O) groups is 3. The third-order valence-corrected chi connectivity index (χ3v) is 12.7. The molecule has 6 heteroatoms. The van der Waals surface area contributed by atoms with Gasteiger partial charge in [-0.3, -0.25) is 14.4 Å². The van der Waals surface area contributed by atoms with Crippen LogP contribution in [0, 0.1) is 11.8 Å². The van der Waals surface area contributed by atoms with Crippen LogP contribution in [0.3, 0.4) is 0 Å². The second-order valence-corrected chi connectivity index (χ2v) is 18.6. The molecule has 350 valence electrons. The van der Waals surface area contributed by atoms with Gasteiger partial charge in [0, 0.05) is 19.3 Å². The lowest BCUT2D eigenvalue weighted by molar-refractivity contribution is -0.167. The van der Waals surface area contributed by atoms with Crippen molar-refractivity contribution in [3.8, 4) is 0 Å². The quantitative estimate of drug-likeness (QED) is 0.0345. The number of ether oxygens (including phenoxy) is 3. The molecular weight excluding hydrogens is 733 g/mol. The topological polar surface area (TPSA) is 78.9 Å². The first-order chi connectivity index (χ1) is 28.8. The first-order valence-corrected chi connectivity index (χ1v) is 26.3. The van der Waals surface area contributed by atoms with Gasteiger partial charge in [0.2, 0.25) is 0 Å². The number of esters is 3. The maximum atomic E-state index is 12.8. The maximum absolute atomic E-state index is 12.8. The second-order valence-electron chi connectivity index (χ2n) is 18.6. The van der Waals surface area contributed by atoms with Crippen molar-refractivity contribution in [2.45, 2.75) is 298 Å². The van der Waals surface area contributed by atoms with Gasteiger partial charge in [-0.2, -0.15) is 0 Å². The van der Waals surface area contributed by atoms with Gasteiger partial charge in [-0.05, 0) is 31.1 Å². The molecule has 0 aliphatic heterocycles. The summed E-state index contributed by atoms with van der Waals surface area (Å²) in [6.45, 7) is 11.4. The SMILES string of the molecule is CCCCCCCCCC(=O)OC[C@H](COC(=O)CCCCCCCCCCC(C)CC)OC(=O)CCCCCCCCCCCCCCCCCCCCC(C)CC. The van der Waals surface area contributed by atoms with Crippen LogP contribution in [-0.2, 0) is 28.6 Å². The highest BCUT2D eigenvalue weighted by Gasteiger charge is 2.19. The van der Waals surface area contributed by atoms with Crippen LogP contribution in [0.4, 0.5) is 0 Å². The molecule has 0 amide bonds. The molecule has 6 nitrogen and oxygen atoms in total. The van der Waals surface area contributed by atoms with Gasteiger partial charge in [-0.25, -0.2) is 0 Å². The van der Waals surface area contributed by atoms with Crippen molar-refractivity contribution in [3.63, 3.8) is 0 Å². The normalized spacial score (nSPS) is 13.0. The van der Waals surface area contributed by atoms with Crippen molar-refractivity contribution >= 4 is 17.9 Å². The van der Waals surface area contributed by atoms with Crippen LogP contribution in [-0.4, -0.2) is 37.2 Å². The lowest BCUT2D eigenvalue weighted by atomic mass is 9.99. The monoisotopic (exact) mass is 835 g/mol. The van der Waals surface area contributed by atoms with Gasteiger partial charge in [0.15, 0.2) is 6.10 Å². The minimum atomic E-state index is -0.760.